The lowest BCUT2D eigenvalue weighted by atomic mass is 9.95. The summed E-state index contributed by atoms with van der Waals surface area (Å²) in [6, 6.07) is 14.0. The number of likely N-dealkylation sites (tertiary alicyclic amines) is 1. The van der Waals surface area contributed by atoms with Crippen LogP contribution in [0.15, 0.2) is 54.7 Å². The Morgan fingerprint density at radius 3 is 2.61 bits per heavy atom. The van der Waals surface area contributed by atoms with E-state index < -0.39 is 0 Å². The number of hydrogen-bond donors (Lipinski definition) is 0. The quantitative estimate of drug-likeness (QED) is 0.559. The predicted molar refractivity (Wildman–Crippen MR) is 126 cm³/mol. The first-order chi connectivity index (χ1) is 15.0. The first kappa shape index (κ1) is 23.0. The standard InChI is InChI=1S/C26H35N3O2/c1-21(2)18-29(26(30)12-11-24-9-6-7-15-27-24)19-22-13-16-28(17-14-22)20-23-8-4-5-10-25(23)31-3/h4-12,15,21-22H,13-14,16-20H2,1-3H3/b12-11+. The number of carbonyl (C=O) groups is 1. The molecule has 3 rings (SSSR count). The number of para-hydroxylation sites is 1. The van der Waals surface area contributed by atoms with Crippen molar-refractivity contribution < 1.29 is 9.53 Å². The molecule has 166 valence electrons. The van der Waals surface area contributed by atoms with Crippen LogP contribution >= 0.6 is 0 Å². The van der Waals surface area contributed by atoms with E-state index in [1.165, 1.54) is 5.56 Å². The van der Waals surface area contributed by atoms with Crippen LogP contribution in [-0.2, 0) is 11.3 Å². The smallest absolute Gasteiger partial charge is 0.246 e. The molecule has 2 aromatic rings. The molecule has 0 saturated carbocycles. The molecule has 1 saturated heterocycles. The lowest BCUT2D eigenvalue weighted by Gasteiger charge is -2.35. The summed E-state index contributed by atoms with van der Waals surface area (Å²) in [5.41, 5.74) is 2.05. The first-order valence-electron chi connectivity index (χ1n) is 11.3. The summed E-state index contributed by atoms with van der Waals surface area (Å²) >= 11 is 0. The third-order valence-corrected chi connectivity index (χ3v) is 5.75. The van der Waals surface area contributed by atoms with Gasteiger partial charge in [-0.1, -0.05) is 38.1 Å². The number of carbonyl (C=O) groups excluding carboxylic acids is 1. The van der Waals surface area contributed by atoms with E-state index in [1.807, 2.05) is 41.3 Å². The molecule has 1 aromatic carbocycles. The van der Waals surface area contributed by atoms with Gasteiger partial charge in [-0.3, -0.25) is 14.7 Å². The van der Waals surface area contributed by atoms with Crippen molar-refractivity contribution in [1.29, 1.82) is 0 Å². The number of hydrogen-bond acceptors (Lipinski definition) is 4. The number of aromatic nitrogens is 1. The van der Waals surface area contributed by atoms with Crippen LogP contribution in [0.5, 0.6) is 5.75 Å². The van der Waals surface area contributed by atoms with Crippen molar-refractivity contribution in [2.45, 2.75) is 33.2 Å². The number of piperidine rings is 1. The average molecular weight is 422 g/mol. The number of amides is 1. The van der Waals surface area contributed by atoms with Gasteiger partial charge in [0.05, 0.1) is 12.8 Å². The molecule has 1 aliphatic rings. The highest BCUT2D eigenvalue weighted by Crippen LogP contribution is 2.24. The number of benzene rings is 1. The van der Waals surface area contributed by atoms with Crippen molar-refractivity contribution in [3.05, 3.63) is 66.0 Å². The maximum absolute atomic E-state index is 12.9. The van der Waals surface area contributed by atoms with Crippen LogP contribution in [-0.4, -0.2) is 54.0 Å². The minimum Gasteiger partial charge on any atom is -0.496 e. The molecule has 31 heavy (non-hydrogen) atoms. The fourth-order valence-electron chi connectivity index (χ4n) is 4.15. The highest BCUT2D eigenvalue weighted by molar-refractivity contribution is 5.91. The van der Waals surface area contributed by atoms with Crippen LogP contribution in [0.2, 0.25) is 0 Å². The zero-order chi connectivity index (χ0) is 22.1. The summed E-state index contributed by atoms with van der Waals surface area (Å²) in [7, 11) is 1.73. The molecule has 2 heterocycles. The van der Waals surface area contributed by atoms with Crippen molar-refractivity contribution in [3.63, 3.8) is 0 Å². The number of methoxy groups -OCH3 is 1. The second kappa shape index (κ2) is 11.7. The van der Waals surface area contributed by atoms with Crippen LogP contribution in [0.1, 0.15) is 37.9 Å². The minimum absolute atomic E-state index is 0.0794. The van der Waals surface area contributed by atoms with E-state index in [0.717, 1.165) is 57.0 Å². The van der Waals surface area contributed by atoms with Gasteiger partial charge in [0, 0.05) is 37.5 Å². The molecule has 1 fully saturated rings. The SMILES string of the molecule is COc1ccccc1CN1CCC(CN(CC(C)C)C(=O)/C=C/c2ccccn2)CC1. The molecule has 1 aliphatic heterocycles. The van der Waals surface area contributed by atoms with E-state index in [9.17, 15) is 4.79 Å². The first-order valence-corrected chi connectivity index (χ1v) is 11.3. The second-order valence-electron chi connectivity index (χ2n) is 8.76. The highest BCUT2D eigenvalue weighted by atomic mass is 16.5. The summed E-state index contributed by atoms with van der Waals surface area (Å²) in [6.07, 6.45) is 7.45. The van der Waals surface area contributed by atoms with Gasteiger partial charge >= 0.3 is 0 Å². The summed E-state index contributed by atoms with van der Waals surface area (Å²) < 4.78 is 5.50. The van der Waals surface area contributed by atoms with E-state index in [4.69, 9.17) is 4.74 Å². The summed E-state index contributed by atoms with van der Waals surface area (Å²) in [6.45, 7) is 8.96. The van der Waals surface area contributed by atoms with Crippen LogP contribution in [0.25, 0.3) is 6.08 Å². The molecule has 5 heteroatoms. The van der Waals surface area contributed by atoms with Crippen molar-refractivity contribution in [3.8, 4) is 5.75 Å². The van der Waals surface area contributed by atoms with Gasteiger partial charge in [0.2, 0.25) is 5.91 Å². The van der Waals surface area contributed by atoms with Crippen LogP contribution < -0.4 is 4.74 Å². The summed E-state index contributed by atoms with van der Waals surface area (Å²) in [4.78, 5) is 21.7. The maximum Gasteiger partial charge on any atom is 0.246 e. The minimum atomic E-state index is 0.0794. The van der Waals surface area contributed by atoms with E-state index in [1.54, 1.807) is 19.4 Å². The van der Waals surface area contributed by atoms with Crippen molar-refractivity contribution in [2.75, 3.05) is 33.3 Å². The molecule has 5 nitrogen and oxygen atoms in total. The molecular formula is C26H35N3O2. The molecule has 0 N–H and O–H groups in total. The zero-order valence-electron chi connectivity index (χ0n) is 19.0. The van der Waals surface area contributed by atoms with E-state index in [0.29, 0.717) is 11.8 Å². The molecule has 0 spiro atoms. The predicted octanol–water partition coefficient (Wildman–Crippen LogP) is 4.50. The van der Waals surface area contributed by atoms with Gasteiger partial charge < -0.3 is 9.64 Å². The van der Waals surface area contributed by atoms with E-state index in [-0.39, 0.29) is 5.91 Å². The van der Waals surface area contributed by atoms with Crippen LogP contribution in [0.4, 0.5) is 0 Å². The van der Waals surface area contributed by atoms with Gasteiger partial charge in [-0.15, -0.1) is 0 Å². The molecule has 0 bridgehead atoms. The largest absolute Gasteiger partial charge is 0.496 e. The van der Waals surface area contributed by atoms with Crippen LogP contribution in [0.3, 0.4) is 0 Å². The second-order valence-corrected chi connectivity index (χ2v) is 8.76. The van der Waals surface area contributed by atoms with Gasteiger partial charge in [-0.2, -0.15) is 0 Å². The Kier molecular flexibility index (Phi) is 8.65. The normalized spacial score (nSPS) is 15.5. The monoisotopic (exact) mass is 421 g/mol. The Morgan fingerprint density at radius 2 is 1.94 bits per heavy atom. The van der Waals surface area contributed by atoms with E-state index >= 15 is 0 Å². The third-order valence-electron chi connectivity index (χ3n) is 5.75. The van der Waals surface area contributed by atoms with Gasteiger partial charge in [-0.05, 0) is 62.0 Å². The molecular weight excluding hydrogens is 386 g/mol. The Bertz CT molecular complexity index is 843. The molecule has 0 atom stereocenters. The van der Waals surface area contributed by atoms with Crippen molar-refractivity contribution in [1.82, 2.24) is 14.8 Å². The van der Waals surface area contributed by atoms with Crippen molar-refractivity contribution in [2.24, 2.45) is 11.8 Å². The summed E-state index contributed by atoms with van der Waals surface area (Å²) in [5.74, 6) is 2.02. The maximum atomic E-state index is 12.9. The molecule has 0 unspecified atom stereocenters. The van der Waals surface area contributed by atoms with Gasteiger partial charge in [-0.25, -0.2) is 0 Å². The molecule has 0 aliphatic carbocycles. The Morgan fingerprint density at radius 1 is 1.19 bits per heavy atom. The third kappa shape index (κ3) is 7.21. The lowest BCUT2D eigenvalue weighted by molar-refractivity contribution is -0.127. The Balaban J connectivity index is 1.54. The number of rotatable bonds is 9. The van der Waals surface area contributed by atoms with Crippen LogP contribution in [0, 0.1) is 11.8 Å². The molecule has 1 aromatic heterocycles. The fraction of sp³-hybridized carbons (Fsp3) is 0.462. The zero-order valence-corrected chi connectivity index (χ0v) is 19.0. The fourth-order valence-corrected chi connectivity index (χ4v) is 4.15. The highest BCUT2D eigenvalue weighted by Gasteiger charge is 2.24. The Hall–Kier alpha value is -2.66. The average Bonchev–Trinajstić information content (AvgIpc) is 2.79. The summed E-state index contributed by atoms with van der Waals surface area (Å²) in [5, 5.41) is 0. The number of ether oxygens (including phenoxy) is 1. The molecule has 1 amide bonds. The molecule has 0 radical (unpaired) electrons. The van der Waals surface area contributed by atoms with Gasteiger partial charge in [0.1, 0.15) is 5.75 Å². The lowest BCUT2D eigenvalue weighted by Crippen LogP contribution is -2.41. The van der Waals surface area contributed by atoms with Gasteiger partial charge in [0.15, 0.2) is 0 Å². The topological polar surface area (TPSA) is 45.7 Å². The van der Waals surface area contributed by atoms with Crippen molar-refractivity contribution >= 4 is 12.0 Å². The van der Waals surface area contributed by atoms with E-state index in [2.05, 4.69) is 35.9 Å². The Labute approximate surface area is 186 Å². The number of nitrogens with zero attached hydrogens (tertiary/aromatic N) is 3. The van der Waals surface area contributed by atoms with Gasteiger partial charge in [0.25, 0.3) is 0 Å². The number of pyridine rings is 1.